The molecule has 0 unspecified atom stereocenters. The van der Waals surface area contributed by atoms with E-state index >= 15 is 0 Å². The monoisotopic (exact) mass is 208 g/mol. The van der Waals surface area contributed by atoms with Crippen LogP contribution in [-0.2, 0) is 16.0 Å². The van der Waals surface area contributed by atoms with Gasteiger partial charge in [0, 0.05) is 6.61 Å². The van der Waals surface area contributed by atoms with Gasteiger partial charge in [-0.05, 0) is 31.0 Å². The number of hydrogen-bond donors (Lipinski definition) is 0. The lowest BCUT2D eigenvalue weighted by Gasteiger charge is -2.04. The molecule has 0 saturated heterocycles. The second-order valence-corrected chi connectivity index (χ2v) is 3.07. The summed E-state index contributed by atoms with van der Waals surface area (Å²) in [4.78, 5) is 10.1. The third-order valence-corrected chi connectivity index (χ3v) is 1.98. The minimum absolute atomic E-state index is 0.109. The zero-order chi connectivity index (χ0) is 10.9. The van der Waals surface area contributed by atoms with Crippen LogP contribution in [0.5, 0.6) is 5.75 Å². The van der Waals surface area contributed by atoms with E-state index in [9.17, 15) is 4.79 Å². The van der Waals surface area contributed by atoms with Crippen molar-refractivity contribution in [2.45, 2.75) is 13.3 Å². The minimum Gasteiger partial charge on any atom is -0.486 e. The molecule has 1 aromatic carbocycles. The molecule has 1 rings (SSSR count). The molecule has 0 aliphatic heterocycles. The van der Waals surface area contributed by atoms with E-state index in [1.165, 1.54) is 5.56 Å². The Labute approximate surface area is 90.0 Å². The Morgan fingerprint density at radius 1 is 1.27 bits per heavy atom. The van der Waals surface area contributed by atoms with Crippen molar-refractivity contribution in [3.8, 4) is 5.75 Å². The normalized spacial score (nSPS) is 9.93. The Bertz CT molecular complexity index is 279. The van der Waals surface area contributed by atoms with Crippen LogP contribution in [0.2, 0.25) is 0 Å². The maximum Gasteiger partial charge on any atom is 0.157 e. The van der Waals surface area contributed by atoms with Crippen molar-refractivity contribution in [2.75, 3.05) is 19.8 Å². The second kappa shape index (κ2) is 7.01. The molecule has 0 saturated carbocycles. The first-order valence-electron chi connectivity index (χ1n) is 5.10. The fourth-order valence-corrected chi connectivity index (χ4v) is 1.22. The van der Waals surface area contributed by atoms with Crippen molar-refractivity contribution in [3.63, 3.8) is 0 Å². The first kappa shape index (κ1) is 11.7. The fourth-order valence-electron chi connectivity index (χ4n) is 1.22. The highest BCUT2D eigenvalue weighted by Crippen LogP contribution is 2.12. The van der Waals surface area contributed by atoms with Crippen LogP contribution in [0.25, 0.3) is 0 Å². The molecule has 82 valence electrons. The van der Waals surface area contributed by atoms with Crippen molar-refractivity contribution in [1.82, 2.24) is 0 Å². The summed E-state index contributed by atoms with van der Waals surface area (Å²) in [6, 6.07) is 7.70. The summed E-state index contributed by atoms with van der Waals surface area (Å²) in [7, 11) is 0. The lowest BCUT2D eigenvalue weighted by atomic mass is 10.1. The van der Waals surface area contributed by atoms with E-state index < -0.39 is 0 Å². The van der Waals surface area contributed by atoms with Crippen molar-refractivity contribution in [2.24, 2.45) is 0 Å². The molecule has 3 nitrogen and oxygen atoms in total. The van der Waals surface area contributed by atoms with Gasteiger partial charge in [0.05, 0.1) is 6.61 Å². The molecular formula is C12H16O3. The lowest BCUT2D eigenvalue weighted by Crippen LogP contribution is -1.99. The molecule has 0 aliphatic rings. The van der Waals surface area contributed by atoms with E-state index in [-0.39, 0.29) is 6.61 Å². The lowest BCUT2D eigenvalue weighted by molar-refractivity contribution is -0.109. The quantitative estimate of drug-likeness (QED) is 0.506. The van der Waals surface area contributed by atoms with Gasteiger partial charge in [0.1, 0.15) is 12.4 Å². The second-order valence-electron chi connectivity index (χ2n) is 3.07. The van der Waals surface area contributed by atoms with Crippen molar-refractivity contribution < 1.29 is 14.3 Å². The highest BCUT2D eigenvalue weighted by atomic mass is 16.5. The van der Waals surface area contributed by atoms with Crippen LogP contribution in [-0.4, -0.2) is 26.1 Å². The third-order valence-electron chi connectivity index (χ3n) is 1.98. The Morgan fingerprint density at radius 2 is 2.00 bits per heavy atom. The first-order chi connectivity index (χ1) is 7.36. The van der Waals surface area contributed by atoms with Gasteiger partial charge in [-0.2, -0.15) is 0 Å². The largest absolute Gasteiger partial charge is 0.486 e. The SMILES string of the molecule is CCOCCc1ccc(OCC=O)cc1. The molecule has 0 heterocycles. The van der Waals surface area contributed by atoms with Crippen LogP contribution in [0.15, 0.2) is 24.3 Å². The molecule has 0 fully saturated rings. The molecule has 0 aliphatic carbocycles. The van der Waals surface area contributed by atoms with Gasteiger partial charge in [-0.15, -0.1) is 0 Å². The summed E-state index contributed by atoms with van der Waals surface area (Å²) >= 11 is 0. The van der Waals surface area contributed by atoms with Gasteiger partial charge in [0.2, 0.25) is 0 Å². The van der Waals surface area contributed by atoms with Crippen LogP contribution < -0.4 is 4.74 Å². The maximum absolute atomic E-state index is 10.1. The van der Waals surface area contributed by atoms with E-state index in [0.717, 1.165) is 31.7 Å². The summed E-state index contributed by atoms with van der Waals surface area (Å²) in [5.74, 6) is 0.724. The smallest absolute Gasteiger partial charge is 0.157 e. The first-order valence-corrected chi connectivity index (χ1v) is 5.10. The molecule has 0 atom stereocenters. The van der Waals surface area contributed by atoms with Crippen LogP contribution in [0, 0.1) is 0 Å². The number of rotatable bonds is 7. The molecule has 15 heavy (non-hydrogen) atoms. The molecule has 0 N–H and O–H groups in total. The maximum atomic E-state index is 10.1. The highest BCUT2D eigenvalue weighted by molar-refractivity contribution is 5.51. The van der Waals surface area contributed by atoms with Crippen LogP contribution in [0.1, 0.15) is 12.5 Å². The third kappa shape index (κ3) is 4.61. The molecule has 0 radical (unpaired) electrons. The summed E-state index contributed by atoms with van der Waals surface area (Å²) in [6.07, 6.45) is 1.64. The van der Waals surface area contributed by atoms with Crippen LogP contribution in [0.3, 0.4) is 0 Å². The zero-order valence-corrected chi connectivity index (χ0v) is 8.94. The molecule has 0 bridgehead atoms. The molecule has 3 heteroatoms. The summed E-state index contributed by atoms with van der Waals surface area (Å²) in [5.41, 5.74) is 1.21. The number of carbonyl (C=O) groups is 1. The number of hydrogen-bond acceptors (Lipinski definition) is 3. The van der Waals surface area contributed by atoms with Gasteiger partial charge >= 0.3 is 0 Å². The molecule has 0 aromatic heterocycles. The zero-order valence-electron chi connectivity index (χ0n) is 8.94. The molecular weight excluding hydrogens is 192 g/mol. The Balaban J connectivity index is 2.38. The number of ether oxygens (including phenoxy) is 2. The minimum atomic E-state index is 0.109. The van der Waals surface area contributed by atoms with Crippen molar-refractivity contribution in [1.29, 1.82) is 0 Å². The standard InChI is InChI=1S/C12H16O3/c1-2-14-9-7-11-3-5-12(6-4-11)15-10-8-13/h3-6,8H,2,7,9-10H2,1H3. The van der Waals surface area contributed by atoms with Gasteiger partial charge in [0.15, 0.2) is 6.29 Å². The van der Waals surface area contributed by atoms with E-state index in [1.54, 1.807) is 0 Å². The Hall–Kier alpha value is -1.35. The summed E-state index contributed by atoms with van der Waals surface area (Å²) in [6.45, 7) is 3.58. The van der Waals surface area contributed by atoms with Crippen LogP contribution >= 0.6 is 0 Å². The number of carbonyl (C=O) groups excluding carboxylic acids is 1. The fraction of sp³-hybridized carbons (Fsp3) is 0.417. The highest BCUT2D eigenvalue weighted by Gasteiger charge is 1.95. The Morgan fingerprint density at radius 3 is 2.60 bits per heavy atom. The van der Waals surface area contributed by atoms with E-state index in [4.69, 9.17) is 9.47 Å². The predicted octanol–water partition coefficient (Wildman–Crippen LogP) is 1.84. The van der Waals surface area contributed by atoms with E-state index in [1.807, 2.05) is 31.2 Å². The summed E-state index contributed by atoms with van der Waals surface area (Å²) < 4.78 is 10.4. The summed E-state index contributed by atoms with van der Waals surface area (Å²) in [5, 5.41) is 0. The van der Waals surface area contributed by atoms with Gasteiger partial charge in [-0.3, -0.25) is 4.79 Å². The average molecular weight is 208 g/mol. The van der Waals surface area contributed by atoms with Crippen LogP contribution in [0.4, 0.5) is 0 Å². The van der Waals surface area contributed by atoms with E-state index in [0.29, 0.717) is 0 Å². The average Bonchev–Trinajstić information content (AvgIpc) is 2.28. The number of aldehydes is 1. The van der Waals surface area contributed by atoms with Crippen molar-refractivity contribution >= 4 is 6.29 Å². The molecule has 1 aromatic rings. The van der Waals surface area contributed by atoms with Crippen molar-refractivity contribution in [3.05, 3.63) is 29.8 Å². The Kier molecular flexibility index (Phi) is 5.48. The molecule has 0 amide bonds. The van der Waals surface area contributed by atoms with Gasteiger partial charge in [-0.1, -0.05) is 12.1 Å². The topological polar surface area (TPSA) is 35.5 Å². The van der Waals surface area contributed by atoms with Gasteiger partial charge < -0.3 is 9.47 Å². The van der Waals surface area contributed by atoms with E-state index in [2.05, 4.69) is 0 Å². The van der Waals surface area contributed by atoms with Gasteiger partial charge in [0.25, 0.3) is 0 Å². The number of benzene rings is 1. The predicted molar refractivity (Wildman–Crippen MR) is 58.2 cm³/mol. The molecule has 0 spiro atoms. The van der Waals surface area contributed by atoms with Gasteiger partial charge in [-0.25, -0.2) is 0 Å².